The molecule has 0 saturated heterocycles. The zero-order valence-electron chi connectivity index (χ0n) is 24.3. The van der Waals surface area contributed by atoms with Crippen LogP contribution in [-0.4, -0.2) is 49.1 Å². The second-order valence-corrected chi connectivity index (χ2v) is 11.8. The molecule has 41 heavy (non-hydrogen) atoms. The summed E-state index contributed by atoms with van der Waals surface area (Å²) in [5, 5.41) is 10.0. The maximum atomic E-state index is 13.9. The highest BCUT2D eigenvalue weighted by atomic mass is 35.5. The van der Waals surface area contributed by atoms with Gasteiger partial charge in [-0.15, -0.1) is 0 Å². The van der Waals surface area contributed by atoms with Crippen molar-refractivity contribution in [1.29, 1.82) is 0 Å². The number of para-hydroxylation sites is 1. The van der Waals surface area contributed by atoms with Crippen molar-refractivity contribution < 1.29 is 19.5 Å². The molecule has 1 heterocycles. The second kappa shape index (κ2) is 12.4. The molecule has 1 N–H and O–H groups in total. The summed E-state index contributed by atoms with van der Waals surface area (Å²) in [6, 6.07) is 22.1. The molecule has 0 saturated carbocycles. The third-order valence-corrected chi connectivity index (χ3v) is 8.28. The van der Waals surface area contributed by atoms with Crippen LogP contribution in [0.3, 0.4) is 0 Å². The number of anilines is 3. The lowest BCUT2D eigenvalue weighted by Gasteiger charge is -2.40. The van der Waals surface area contributed by atoms with Crippen LogP contribution < -0.4 is 14.7 Å². The summed E-state index contributed by atoms with van der Waals surface area (Å²) in [5.41, 5.74) is 3.03. The van der Waals surface area contributed by atoms with Gasteiger partial charge in [0.2, 0.25) is 5.91 Å². The Hall–Kier alpha value is -3.84. The van der Waals surface area contributed by atoms with Crippen LogP contribution in [0.4, 0.5) is 17.1 Å². The largest absolute Gasteiger partial charge is 0.481 e. The summed E-state index contributed by atoms with van der Waals surface area (Å²) in [4.78, 5) is 44.7. The Labute approximate surface area is 247 Å². The molecule has 0 bridgehead atoms. The number of carbonyl (C=O) groups is 3. The van der Waals surface area contributed by atoms with E-state index in [9.17, 15) is 19.5 Å². The third kappa shape index (κ3) is 6.41. The van der Waals surface area contributed by atoms with Crippen LogP contribution in [0, 0.1) is 5.41 Å². The van der Waals surface area contributed by atoms with Crippen molar-refractivity contribution in [2.24, 2.45) is 5.41 Å². The van der Waals surface area contributed by atoms with Gasteiger partial charge in [0.05, 0.1) is 11.3 Å². The van der Waals surface area contributed by atoms with Crippen molar-refractivity contribution in [1.82, 2.24) is 0 Å². The summed E-state index contributed by atoms with van der Waals surface area (Å²) in [6.45, 7) is 8.47. The van der Waals surface area contributed by atoms with Gasteiger partial charge in [-0.3, -0.25) is 14.4 Å². The van der Waals surface area contributed by atoms with Gasteiger partial charge in [-0.25, -0.2) is 0 Å². The Bertz CT molecular complexity index is 1400. The highest BCUT2D eigenvalue weighted by Crippen LogP contribution is 2.41. The number of carboxylic acids is 1. The third-order valence-electron chi connectivity index (χ3n) is 8.03. The number of carboxylic acid groups (broad SMARTS) is 1. The molecular weight excluding hydrogens is 538 g/mol. The second-order valence-electron chi connectivity index (χ2n) is 11.3. The van der Waals surface area contributed by atoms with Crippen molar-refractivity contribution >= 4 is 46.4 Å². The minimum atomic E-state index is -0.820. The zero-order chi connectivity index (χ0) is 29.9. The molecule has 8 heteroatoms. The predicted octanol–water partition coefficient (Wildman–Crippen LogP) is 6.85. The molecule has 0 fully saturated rings. The quantitative estimate of drug-likeness (QED) is 0.302. The van der Waals surface area contributed by atoms with Gasteiger partial charge in [0.25, 0.3) is 5.91 Å². The SMILES string of the molecule is CCN(C(=O)[C@H]1C[C@H](C)N(C(=O)c2ccc(N(C)CCC(C)(C)C(=O)O)cc2)c2ccccc21)c1ccc(Cl)cc1. The molecule has 1 aliphatic heterocycles. The van der Waals surface area contributed by atoms with Crippen molar-refractivity contribution in [2.75, 3.05) is 34.8 Å². The number of halogens is 1. The number of likely N-dealkylation sites (N-methyl/N-ethyl adjacent to an activating group) is 1. The zero-order valence-corrected chi connectivity index (χ0v) is 25.1. The Morgan fingerprint density at radius 3 is 2.20 bits per heavy atom. The van der Waals surface area contributed by atoms with E-state index < -0.39 is 11.4 Å². The van der Waals surface area contributed by atoms with Crippen LogP contribution in [0.15, 0.2) is 72.8 Å². The van der Waals surface area contributed by atoms with E-state index in [0.29, 0.717) is 36.5 Å². The molecule has 0 aromatic heterocycles. The van der Waals surface area contributed by atoms with E-state index >= 15 is 0 Å². The summed E-state index contributed by atoms with van der Waals surface area (Å²) in [6.07, 6.45) is 1.00. The number of benzene rings is 3. The first-order valence-corrected chi connectivity index (χ1v) is 14.4. The normalized spacial score (nSPS) is 16.6. The first-order chi connectivity index (χ1) is 19.4. The van der Waals surface area contributed by atoms with Crippen LogP contribution in [0.5, 0.6) is 0 Å². The topological polar surface area (TPSA) is 81.2 Å². The summed E-state index contributed by atoms with van der Waals surface area (Å²) < 4.78 is 0. The minimum absolute atomic E-state index is 0.000290. The highest BCUT2D eigenvalue weighted by Gasteiger charge is 2.39. The summed E-state index contributed by atoms with van der Waals surface area (Å²) in [5.74, 6) is -1.33. The molecule has 0 aliphatic carbocycles. The maximum Gasteiger partial charge on any atom is 0.309 e. The number of amides is 2. The first kappa shape index (κ1) is 30.1. The van der Waals surface area contributed by atoms with E-state index in [-0.39, 0.29) is 23.8 Å². The smallest absolute Gasteiger partial charge is 0.309 e. The van der Waals surface area contributed by atoms with E-state index in [4.69, 9.17) is 11.6 Å². The number of carbonyl (C=O) groups excluding carboxylic acids is 2. The van der Waals surface area contributed by atoms with Crippen molar-refractivity contribution in [3.05, 3.63) is 88.9 Å². The van der Waals surface area contributed by atoms with Crippen LogP contribution in [0.2, 0.25) is 5.02 Å². The summed E-state index contributed by atoms with van der Waals surface area (Å²) >= 11 is 6.07. The molecule has 2 amide bonds. The van der Waals surface area contributed by atoms with E-state index in [1.165, 1.54) is 0 Å². The van der Waals surface area contributed by atoms with Gasteiger partial charge >= 0.3 is 5.97 Å². The van der Waals surface area contributed by atoms with Crippen LogP contribution in [-0.2, 0) is 9.59 Å². The number of fused-ring (bicyclic) bond motifs is 1. The van der Waals surface area contributed by atoms with E-state index in [2.05, 4.69) is 0 Å². The molecule has 2 atom stereocenters. The number of rotatable bonds is 9. The molecule has 0 spiro atoms. The Kier molecular flexibility index (Phi) is 9.08. The van der Waals surface area contributed by atoms with Gasteiger partial charge in [-0.05, 0) is 101 Å². The average molecular weight is 576 g/mol. The fraction of sp³-hybridized carbons (Fsp3) is 0.364. The number of hydrogen-bond donors (Lipinski definition) is 1. The van der Waals surface area contributed by atoms with Gasteiger partial charge in [0.1, 0.15) is 0 Å². The maximum absolute atomic E-state index is 13.9. The Morgan fingerprint density at radius 2 is 1.59 bits per heavy atom. The fourth-order valence-corrected chi connectivity index (χ4v) is 5.44. The predicted molar refractivity (Wildman–Crippen MR) is 165 cm³/mol. The molecule has 3 aromatic carbocycles. The monoisotopic (exact) mass is 575 g/mol. The molecule has 4 rings (SSSR count). The van der Waals surface area contributed by atoms with Crippen LogP contribution >= 0.6 is 11.6 Å². The Balaban J connectivity index is 1.55. The van der Waals surface area contributed by atoms with Gasteiger partial charge in [-0.1, -0.05) is 29.8 Å². The molecule has 7 nitrogen and oxygen atoms in total. The van der Waals surface area contributed by atoms with Gasteiger partial charge in [0, 0.05) is 53.8 Å². The van der Waals surface area contributed by atoms with Crippen LogP contribution in [0.1, 0.15) is 62.4 Å². The number of nitrogens with zero attached hydrogens (tertiary/aromatic N) is 3. The molecule has 3 aromatic rings. The average Bonchev–Trinajstić information content (AvgIpc) is 2.96. The molecule has 0 unspecified atom stereocenters. The molecule has 1 aliphatic rings. The van der Waals surface area contributed by atoms with Crippen molar-refractivity contribution in [2.45, 2.75) is 52.5 Å². The number of aliphatic carboxylic acids is 1. The molecule has 216 valence electrons. The van der Waals surface area contributed by atoms with Gasteiger partial charge < -0.3 is 19.8 Å². The summed E-state index contributed by atoms with van der Waals surface area (Å²) in [7, 11) is 1.92. The van der Waals surface area contributed by atoms with Crippen molar-refractivity contribution in [3.8, 4) is 0 Å². The van der Waals surface area contributed by atoms with Gasteiger partial charge in [-0.2, -0.15) is 0 Å². The van der Waals surface area contributed by atoms with E-state index in [1.54, 1.807) is 35.8 Å². The standard InChI is InChI=1S/C33H38ClN3O4/c1-6-36(26-17-13-24(34)14-18-26)31(39)28-21-22(2)37(29-10-8-7-9-27(28)29)30(38)23-11-15-25(16-12-23)35(5)20-19-33(3,4)32(40)41/h7-18,22,28H,6,19-21H2,1-5H3,(H,40,41)/t22-,28-/m0/s1. The minimum Gasteiger partial charge on any atom is -0.481 e. The lowest BCUT2D eigenvalue weighted by atomic mass is 9.84. The molecular formula is C33H38ClN3O4. The lowest BCUT2D eigenvalue weighted by molar-refractivity contribution is -0.147. The first-order valence-electron chi connectivity index (χ1n) is 14.0. The highest BCUT2D eigenvalue weighted by molar-refractivity contribution is 6.30. The van der Waals surface area contributed by atoms with Crippen LogP contribution in [0.25, 0.3) is 0 Å². The van der Waals surface area contributed by atoms with E-state index in [0.717, 1.165) is 22.6 Å². The lowest BCUT2D eigenvalue weighted by Crippen LogP contribution is -2.46. The number of hydrogen-bond acceptors (Lipinski definition) is 4. The van der Waals surface area contributed by atoms with E-state index in [1.807, 2.05) is 86.5 Å². The van der Waals surface area contributed by atoms with Gasteiger partial charge in [0.15, 0.2) is 0 Å². The van der Waals surface area contributed by atoms with Crippen molar-refractivity contribution in [3.63, 3.8) is 0 Å². The molecule has 0 radical (unpaired) electrons. The Morgan fingerprint density at radius 1 is 0.976 bits per heavy atom. The fourth-order valence-electron chi connectivity index (χ4n) is 5.31.